The van der Waals surface area contributed by atoms with Gasteiger partial charge in [0.15, 0.2) is 6.61 Å². The Morgan fingerprint density at radius 1 is 1.19 bits per heavy atom. The minimum Gasteiger partial charge on any atom is -0.484 e. The molecule has 0 spiro atoms. The van der Waals surface area contributed by atoms with E-state index in [1.807, 2.05) is 0 Å². The van der Waals surface area contributed by atoms with Gasteiger partial charge in [-0.1, -0.05) is 12.1 Å². The summed E-state index contributed by atoms with van der Waals surface area (Å²) in [4.78, 5) is 23.6. The third kappa shape index (κ3) is 6.15. The topological polar surface area (TPSA) is 80.6 Å². The summed E-state index contributed by atoms with van der Waals surface area (Å²) in [6.45, 7) is 0.0848. The minimum absolute atomic E-state index is 0.0535. The third-order valence-corrected chi connectivity index (χ3v) is 3.30. The number of hydrogen-bond donors (Lipinski definition) is 2. The van der Waals surface area contributed by atoms with Gasteiger partial charge in [-0.3, -0.25) is 9.59 Å². The van der Waals surface area contributed by atoms with Crippen molar-refractivity contribution in [3.05, 3.63) is 53.5 Å². The van der Waals surface area contributed by atoms with Crippen LogP contribution in [0.1, 0.15) is 21.7 Å². The summed E-state index contributed by atoms with van der Waals surface area (Å²) in [5, 5.41) is 5.01. The number of halogens is 3. The number of nitrogens with one attached hydrogen (secondary N) is 2. The number of furan rings is 1. The first-order valence-corrected chi connectivity index (χ1v) is 7.62. The van der Waals surface area contributed by atoms with E-state index in [-0.39, 0.29) is 18.8 Å². The van der Waals surface area contributed by atoms with Crippen molar-refractivity contribution < 1.29 is 31.9 Å². The number of aryl methyl sites for hydroxylation is 1. The number of carbonyl (C=O) groups is 2. The lowest BCUT2D eigenvalue weighted by molar-refractivity contribution is -0.153. The van der Waals surface area contributed by atoms with Crippen LogP contribution < -0.4 is 15.4 Å². The molecule has 26 heavy (non-hydrogen) atoms. The SMILES string of the molecule is Cc1occc1C(=O)NCC(=O)NCc1cccc(OCC(F)(F)F)c1. The van der Waals surface area contributed by atoms with E-state index in [1.54, 1.807) is 13.0 Å². The summed E-state index contributed by atoms with van der Waals surface area (Å²) in [6.07, 6.45) is -3.05. The van der Waals surface area contributed by atoms with E-state index in [4.69, 9.17) is 4.42 Å². The molecule has 2 aromatic rings. The fraction of sp³-hybridized carbons (Fsp3) is 0.294. The molecule has 140 valence electrons. The number of ether oxygens (including phenoxy) is 1. The highest BCUT2D eigenvalue weighted by molar-refractivity contribution is 5.97. The molecular formula is C17H17F3N2O4. The fourth-order valence-electron chi connectivity index (χ4n) is 2.05. The molecule has 0 aliphatic heterocycles. The zero-order chi connectivity index (χ0) is 19.2. The largest absolute Gasteiger partial charge is 0.484 e. The Labute approximate surface area is 147 Å². The van der Waals surface area contributed by atoms with Gasteiger partial charge in [0.2, 0.25) is 5.91 Å². The summed E-state index contributed by atoms with van der Waals surface area (Å²) < 4.78 is 46.1. The van der Waals surface area contributed by atoms with Gasteiger partial charge < -0.3 is 19.8 Å². The Morgan fingerprint density at radius 3 is 2.62 bits per heavy atom. The van der Waals surface area contributed by atoms with Crippen molar-refractivity contribution in [2.24, 2.45) is 0 Å². The minimum atomic E-state index is -4.42. The average molecular weight is 370 g/mol. The van der Waals surface area contributed by atoms with E-state index in [1.165, 1.54) is 30.5 Å². The van der Waals surface area contributed by atoms with Crippen LogP contribution in [0.25, 0.3) is 0 Å². The summed E-state index contributed by atoms with van der Waals surface area (Å²) in [7, 11) is 0. The van der Waals surface area contributed by atoms with Crippen molar-refractivity contribution in [3.8, 4) is 5.75 Å². The van der Waals surface area contributed by atoms with Gasteiger partial charge in [-0.2, -0.15) is 13.2 Å². The Bertz CT molecular complexity index is 771. The van der Waals surface area contributed by atoms with Gasteiger partial charge in [0.25, 0.3) is 5.91 Å². The highest BCUT2D eigenvalue weighted by Crippen LogP contribution is 2.19. The first-order valence-electron chi connectivity index (χ1n) is 7.62. The van der Waals surface area contributed by atoms with Gasteiger partial charge in [0.05, 0.1) is 18.4 Å². The Hall–Kier alpha value is -2.97. The molecule has 0 unspecified atom stereocenters. The van der Waals surface area contributed by atoms with E-state index in [0.29, 0.717) is 16.9 Å². The van der Waals surface area contributed by atoms with Gasteiger partial charge in [0, 0.05) is 6.54 Å². The molecule has 0 aliphatic carbocycles. The lowest BCUT2D eigenvalue weighted by Crippen LogP contribution is -2.36. The average Bonchev–Trinajstić information content (AvgIpc) is 3.02. The molecule has 1 aromatic carbocycles. The third-order valence-electron chi connectivity index (χ3n) is 3.30. The number of benzene rings is 1. The maximum atomic E-state index is 12.2. The van der Waals surface area contributed by atoms with Crippen LogP contribution in [0.15, 0.2) is 41.0 Å². The zero-order valence-electron chi connectivity index (χ0n) is 13.9. The van der Waals surface area contributed by atoms with E-state index >= 15 is 0 Å². The molecule has 0 saturated heterocycles. The first-order chi connectivity index (χ1) is 12.2. The van der Waals surface area contributed by atoms with Crippen LogP contribution in [-0.2, 0) is 11.3 Å². The maximum Gasteiger partial charge on any atom is 0.422 e. The molecule has 6 nitrogen and oxygen atoms in total. The molecule has 0 fully saturated rings. The first kappa shape index (κ1) is 19.4. The number of carbonyl (C=O) groups excluding carboxylic acids is 2. The molecule has 0 saturated carbocycles. The second-order valence-electron chi connectivity index (χ2n) is 5.40. The molecule has 0 atom stereocenters. The van der Waals surface area contributed by atoms with Gasteiger partial charge in [-0.25, -0.2) is 0 Å². The van der Waals surface area contributed by atoms with Crippen LogP contribution in [0.5, 0.6) is 5.75 Å². The summed E-state index contributed by atoms with van der Waals surface area (Å²) in [5.41, 5.74) is 0.905. The van der Waals surface area contributed by atoms with E-state index in [9.17, 15) is 22.8 Å². The maximum absolute atomic E-state index is 12.2. The van der Waals surface area contributed by atoms with Crippen molar-refractivity contribution >= 4 is 11.8 Å². The van der Waals surface area contributed by atoms with Crippen molar-refractivity contribution in [2.75, 3.05) is 13.2 Å². The monoisotopic (exact) mass is 370 g/mol. The smallest absolute Gasteiger partial charge is 0.422 e. The predicted molar refractivity (Wildman–Crippen MR) is 85.6 cm³/mol. The van der Waals surface area contributed by atoms with Gasteiger partial charge in [-0.05, 0) is 30.7 Å². The van der Waals surface area contributed by atoms with Crippen LogP contribution in [0.4, 0.5) is 13.2 Å². The van der Waals surface area contributed by atoms with E-state index < -0.39 is 24.6 Å². The molecule has 9 heteroatoms. The van der Waals surface area contributed by atoms with Crippen LogP contribution >= 0.6 is 0 Å². The molecule has 0 bridgehead atoms. The zero-order valence-corrected chi connectivity index (χ0v) is 13.9. The Morgan fingerprint density at radius 2 is 1.96 bits per heavy atom. The molecule has 2 rings (SSSR count). The Balaban J connectivity index is 1.78. The van der Waals surface area contributed by atoms with Gasteiger partial charge in [-0.15, -0.1) is 0 Å². The van der Waals surface area contributed by atoms with E-state index in [0.717, 1.165) is 0 Å². The normalized spacial score (nSPS) is 11.1. The van der Waals surface area contributed by atoms with Crippen molar-refractivity contribution in [1.82, 2.24) is 10.6 Å². The number of hydrogen-bond acceptors (Lipinski definition) is 4. The molecule has 1 aromatic heterocycles. The molecule has 2 amide bonds. The van der Waals surface area contributed by atoms with Crippen LogP contribution in [0.2, 0.25) is 0 Å². The van der Waals surface area contributed by atoms with Crippen molar-refractivity contribution in [2.45, 2.75) is 19.6 Å². The highest BCUT2D eigenvalue weighted by Gasteiger charge is 2.28. The summed E-state index contributed by atoms with van der Waals surface area (Å²) in [6, 6.07) is 7.45. The number of alkyl halides is 3. The Kier molecular flexibility index (Phi) is 6.26. The molecule has 1 heterocycles. The van der Waals surface area contributed by atoms with Crippen LogP contribution in [0, 0.1) is 6.92 Å². The predicted octanol–water partition coefficient (Wildman–Crippen LogP) is 2.58. The fourth-order valence-corrected chi connectivity index (χ4v) is 2.05. The number of rotatable bonds is 7. The van der Waals surface area contributed by atoms with Crippen LogP contribution in [0.3, 0.4) is 0 Å². The second kappa shape index (κ2) is 8.41. The summed E-state index contributed by atoms with van der Waals surface area (Å²) >= 11 is 0. The standard InChI is InChI=1S/C17H17F3N2O4/c1-11-14(5-6-25-11)16(24)22-9-15(23)21-8-12-3-2-4-13(7-12)26-10-17(18,19)20/h2-7H,8-10H2,1H3,(H,21,23)(H,22,24). The van der Waals surface area contributed by atoms with Gasteiger partial charge >= 0.3 is 6.18 Å². The quantitative estimate of drug-likeness (QED) is 0.785. The number of amides is 2. The molecule has 2 N–H and O–H groups in total. The van der Waals surface area contributed by atoms with Crippen molar-refractivity contribution in [3.63, 3.8) is 0 Å². The molecule has 0 aliphatic rings. The molecular weight excluding hydrogens is 353 g/mol. The molecule has 0 radical (unpaired) electrons. The van der Waals surface area contributed by atoms with Gasteiger partial charge in [0.1, 0.15) is 11.5 Å². The van der Waals surface area contributed by atoms with E-state index in [2.05, 4.69) is 15.4 Å². The highest BCUT2D eigenvalue weighted by atomic mass is 19.4. The summed E-state index contributed by atoms with van der Waals surface area (Å²) in [5.74, 6) is -0.383. The second-order valence-corrected chi connectivity index (χ2v) is 5.40. The van der Waals surface area contributed by atoms with Crippen molar-refractivity contribution in [1.29, 1.82) is 0 Å². The lowest BCUT2D eigenvalue weighted by Gasteiger charge is -2.11. The lowest BCUT2D eigenvalue weighted by atomic mass is 10.2. The van der Waals surface area contributed by atoms with Crippen LogP contribution in [-0.4, -0.2) is 31.1 Å².